The topological polar surface area (TPSA) is 108 Å². The molecule has 0 bridgehead atoms. The zero-order valence-corrected chi connectivity index (χ0v) is 20.3. The van der Waals surface area contributed by atoms with Crippen LogP contribution in [0.2, 0.25) is 0 Å². The highest BCUT2D eigenvalue weighted by molar-refractivity contribution is 7.89. The summed E-state index contributed by atoms with van der Waals surface area (Å²) in [6.45, 7) is 4.25. The Morgan fingerprint density at radius 1 is 1.15 bits per heavy atom. The summed E-state index contributed by atoms with van der Waals surface area (Å²) >= 11 is 0. The van der Waals surface area contributed by atoms with Crippen LogP contribution >= 0.6 is 0 Å². The van der Waals surface area contributed by atoms with E-state index < -0.39 is 16.0 Å². The van der Waals surface area contributed by atoms with Crippen LogP contribution in [-0.4, -0.2) is 47.5 Å². The van der Waals surface area contributed by atoms with Gasteiger partial charge in [-0.25, -0.2) is 22.5 Å². The number of esters is 1. The molecule has 9 nitrogen and oxygen atoms in total. The summed E-state index contributed by atoms with van der Waals surface area (Å²) in [5.41, 5.74) is 2.73. The second-order valence-corrected chi connectivity index (χ2v) is 10.2. The summed E-state index contributed by atoms with van der Waals surface area (Å²) in [6.07, 6.45) is 0.826. The number of hydrogen-bond donors (Lipinski definition) is 0. The van der Waals surface area contributed by atoms with E-state index in [2.05, 4.69) is 10.1 Å². The first-order valence-electron chi connectivity index (χ1n) is 10.8. The molecule has 0 fully saturated rings. The van der Waals surface area contributed by atoms with Crippen LogP contribution in [0.4, 0.5) is 0 Å². The zero-order chi connectivity index (χ0) is 24.5. The molecule has 2 aromatic heterocycles. The third-order valence-electron chi connectivity index (χ3n) is 5.47. The van der Waals surface area contributed by atoms with Crippen molar-refractivity contribution in [1.82, 2.24) is 19.0 Å². The first-order valence-corrected chi connectivity index (χ1v) is 12.3. The van der Waals surface area contributed by atoms with E-state index in [0.29, 0.717) is 29.3 Å². The lowest BCUT2D eigenvalue weighted by atomic mass is 10.1. The SMILES string of the molecule is CCCn1c(COC(=O)c2c(-c3ccccc3)noc2C)nc2cc(S(=O)(=O)N(C)C)ccc21. The van der Waals surface area contributed by atoms with E-state index in [0.717, 1.165) is 21.8 Å². The highest BCUT2D eigenvalue weighted by Crippen LogP contribution is 2.27. The summed E-state index contributed by atoms with van der Waals surface area (Å²) in [5.74, 6) is 0.327. The van der Waals surface area contributed by atoms with Gasteiger partial charge >= 0.3 is 5.97 Å². The molecule has 0 amide bonds. The van der Waals surface area contributed by atoms with Gasteiger partial charge in [-0.05, 0) is 31.5 Å². The van der Waals surface area contributed by atoms with Crippen LogP contribution in [0.15, 0.2) is 57.9 Å². The second kappa shape index (κ2) is 9.40. The zero-order valence-electron chi connectivity index (χ0n) is 19.5. The number of imidazole rings is 1. The number of sulfonamides is 1. The summed E-state index contributed by atoms with van der Waals surface area (Å²) in [6, 6.07) is 14.1. The number of carbonyl (C=O) groups is 1. The van der Waals surface area contributed by atoms with Crippen LogP contribution in [0.3, 0.4) is 0 Å². The van der Waals surface area contributed by atoms with Crippen molar-refractivity contribution in [1.29, 1.82) is 0 Å². The van der Waals surface area contributed by atoms with E-state index in [-0.39, 0.29) is 17.1 Å². The molecule has 0 unspecified atom stereocenters. The number of hydrogen-bond acceptors (Lipinski definition) is 7. The highest BCUT2D eigenvalue weighted by Gasteiger charge is 2.24. The standard InChI is InChI=1S/C24H26N4O5S/c1-5-13-28-20-12-11-18(34(30,31)27(3)4)14-19(20)25-21(28)15-32-24(29)22-16(2)33-26-23(22)17-9-7-6-8-10-17/h6-12,14H,5,13,15H2,1-4H3. The van der Waals surface area contributed by atoms with Crippen LogP contribution in [0.25, 0.3) is 22.3 Å². The number of fused-ring (bicyclic) bond motifs is 1. The minimum atomic E-state index is -3.59. The second-order valence-electron chi connectivity index (χ2n) is 8.02. The Morgan fingerprint density at radius 3 is 2.56 bits per heavy atom. The van der Waals surface area contributed by atoms with Crippen LogP contribution in [0.1, 0.15) is 35.3 Å². The molecule has 0 spiro atoms. The van der Waals surface area contributed by atoms with Gasteiger partial charge in [-0.3, -0.25) is 0 Å². The average molecular weight is 483 g/mol. The summed E-state index contributed by atoms with van der Waals surface area (Å²) in [5, 5.41) is 4.03. The maximum atomic E-state index is 13.0. The number of rotatable bonds is 8. The van der Waals surface area contributed by atoms with Gasteiger partial charge in [0.05, 0.1) is 15.9 Å². The molecule has 178 valence electrons. The molecule has 4 rings (SSSR count). The van der Waals surface area contributed by atoms with E-state index >= 15 is 0 Å². The maximum absolute atomic E-state index is 13.0. The largest absolute Gasteiger partial charge is 0.454 e. The lowest BCUT2D eigenvalue weighted by Gasteiger charge is -2.11. The molecule has 0 N–H and O–H groups in total. The van der Waals surface area contributed by atoms with Crippen molar-refractivity contribution in [2.45, 2.75) is 38.3 Å². The highest BCUT2D eigenvalue weighted by atomic mass is 32.2. The predicted molar refractivity (Wildman–Crippen MR) is 127 cm³/mol. The summed E-state index contributed by atoms with van der Waals surface area (Å²) < 4.78 is 39.0. The molecule has 10 heteroatoms. The van der Waals surface area contributed by atoms with Gasteiger partial charge < -0.3 is 13.8 Å². The number of aryl methyl sites for hydroxylation is 2. The Bertz CT molecular complexity index is 1440. The number of carbonyl (C=O) groups excluding carboxylic acids is 1. The molecule has 2 aromatic carbocycles. The molecule has 2 heterocycles. The molecule has 0 saturated heterocycles. The molecule has 0 atom stereocenters. The molecule has 34 heavy (non-hydrogen) atoms. The van der Waals surface area contributed by atoms with E-state index in [9.17, 15) is 13.2 Å². The normalized spacial score (nSPS) is 11.9. The Balaban J connectivity index is 1.64. The van der Waals surface area contributed by atoms with Crippen molar-refractivity contribution in [3.05, 3.63) is 65.7 Å². The van der Waals surface area contributed by atoms with Gasteiger partial charge in [0, 0.05) is 26.2 Å². The van der Waals surface area contributed by atoms with Gasteiger partial charge in [-0.2, -0.15) is 0 Å². The van der Waals surface area contributed by atoms with Crippen molar-refractivity contribution in [2.75, 3.05) is 14.1 Å². The fraction of sp³-hybridized carbons (Fsp3) is 0.292. The van der Waals surface area contributed by atoms with Gasteiger partial charge in [0.2, 0.25) is 10.0 Å². The van der Waals surface area contributed by atoms with Gasteiger partial charge in [-0.1, -0.05) is 42.4 Å². The molecule has 0 saturated carbocycles. The van der Waals surface area contributed by atoms with Crippen molar-refractivity contribution in [2.24, 2.45) is 0 Å². The van der Waals surface area contributed by atoms with Gasteiger partial charge in [0.25, 0.3) is 0 Å². The Kier molecular flexibility index (Phi) is 6.54. The quantitative estimate of drug-likeness (QED) is 0.349. The Hall–Kier alpha value is -3.50. The van der Waals surface area contributed by atoms with Gasteiger partial charge in [0.15, 0.2) is 0 Å². The number of ether oxygens (including phenoxy) is 1. The van der Waals surface area contributed by atoms with Crippen LogP contribution in [-0.2, 0) is 27.9 Å². The van der Waals surface area contributed by atoms with E-state index in [1.54, 1.807) is 25.1 Å². The monoisotopic (exact) mass is 482 g/mol. The summed E-state index contributed by atoms with van der Waals surface area (Å²) in [4.78, 5) is 17.7. The fourth-order valence-electron chi connectivity index (χ4n) is 3.72. The molecule has 0 aliphatic carbocycles. The van der Waals surface area contributed by atoms with E-state index in [4.69, 9.17) is 9.26 Å². The number of aromatic nitrogens is 3. The molecular formula is C24H26N4O5S. The van der Waals surface area contributed by atoms with Crippen LogP contribution in [0.5, 0.6) is 0 Å². The van der Waals surface area contributed by atoms with Crippen LogP contribution in [0, 0.1) is 6.92 Å². The lowest BCUT2D eigenvalue weighted by molar-refractivity contribution is 0.0457. The van der Waals surface area contributed by atoms with Crippen molar-refractivity contribution < 1.29 is 22.5 Å². The maximum Gasteiger partial charge on any atom is 0.344 e. The molecule has 4 aromatic rings. The molecule has 0 aliphatic heterocycles. The Labute approximate surface area is 198 Å². The van der Waals surface area contributed by atoms with Crippen molar-refractivity contribution in [3.63, 3.8) is 0 Å². The lowest BCUT2D eigenvalue weighted by Crippen LogP contribution is -2.22. The third kappa shape index (κ3) is 4.34. The molecule has 0 radical (unpaired) electrons. The van der Waals surface area contributed by atoms with Crippen LogP contribution < -0.4 is 0 Å². The van der Waals surface area contributed by atoms with Crippen molar-refractivity contribution >= 4 is 27.0 Å². The van der Waals surface area contributed by atoms with Gasteiger partial charge in [0.1, 0.15) is 29.4 Å². The summed E-state index contributed by atoms with van der Waals surface area (Å²) in [7, 11) is -0.629. The van der Waals surface area contributed by atoms with E-state index in [1.807, 2.05) is 41.8 Å². The third-order valence-corrected chi connectivity index (χ3v) is 7.28. The van der Waals surface area contributed by atoms with E-state index in [1.165, 1.54) is 14.1 Å². The smallest absolute Gasteiger partial charge is 0.344 e. The number of benzene rings is 2. The van der Waals surface area contributed by atoms with Crippen molar-refractivity contribution in [3.8, 4) is 11.3 Å². The Morgan fingerprint density at radius 2 is 1.88 bits per heavy atom. The first kappa shape index (κ1) is 23.7. The predicted octanol–water partition coefficient (Wildman–Crippen LogP) is 4.02. The minimum absolute atomic E-state index is 0.0812. The molecule has 0 aliphatic rings. The number of nitrogens with zero attached hydrogens (tertiary/aromatic N) is 4. The molecular weight excluding hydrogens is 456 g/mol. The average Bonchev–Trinajstić information content (AvgIpc) is 3.38. The first-order chi connectivity index (χ1) is 16.2. The fourth-order valence-corrected chi connectivity index (χ4v) is 4.64. The van der Waals surface area contributed by atoms with Gasteiger partial charge in [-0.15, -0.1) is 0 Å². The minimum Gasteiger partial charge on any atom is -0.454 e.